The highest BCUT2D eigenvalue weighted by Gasteiger charge is 2.29. The first-order valence-electron chi connectivity index (χ1n) is 14.0. The zero-order valence-electron chi connectivity index (χ0n) is 23.1. The van der Waals surface area contributed by atoms with Crippen LogP contribution in [-0.2, 0) is 24.2 Å². The van der Waals surface area contributed by atoms with Crippen LogP contribution in [0, 0.1) is 18.3 Å². The van der Waals surface area contributed by atoms with Gasteiger partial charge in [0.1, 0.15) is 35.0 Å². The summed E-state index contributed by atoms with van der Waals surface area (Å²) in [5.41, 5.74) is 3.94. The molecule has 3 N–H and O–H groups in total. The Hall–Kier alpha value is -3.28. The number of rotatable bonds is 7. The summed E-state index contributed by atoms with van der Waals surface area (Å²) in [7, 11) is 0. The highest BCUT2D eigenvalue weighted by Crippen LogP contribution is 2.33. The van der Waals surface area contributed by atoms with Crippen LogP contribution in [0.1, 0.15) is 34.5 Å². The van der Waals surface area contributed by atoms with Crippen LogP contribution in [0.2, 0.25) is 0 Å². The molecule has 2 atom stereocenters. The molecule has 0 bridgehead atoms. The molecule has 2 fully saturated rings. The van der Waals surface area contributed by atoms with Gasteiger partial charge < -0.3 is 19.7 Å². The van der Waals surface area contributed by atoms with E-state index >= 15 is 0 Å². The number of aromatic nitrogens is 3. The van der Waals surface area contributed by atoms with E-state index in [1.165, 1.54) is 11.9 Å². The molecule has 3 aromatic heterocycles. The van der Waals surface area contributed by atoms with E-state index in [0.29, 0.717) is 34.8 Å². The second-order valence-electron chi connectivity index (χ2n) is 11.1. The number of ether oxygens (including phenoxy) is 1. The molecular formula is C29H32F3N7O2S. The fourth-order valence-corrected chi connectivity index (χ4v) is 6.92. The minimum absolute atomic E-state index is 0.133. The number of halogens is 3. The van der Waals surface area contributed by atoms with Crippen LogP contribution in [0.15, 0.2) is 30.6 Å². The summed E-state index contributed by atoms with van der Waals surface area (Å²) in [4.78, 5) is 11.7. The van der Waals surface area contributed by atoms with Gasteiger partial charge in [-0.05, 0) is 49.1 Å². The molecule has 2 aliphatic rings. The third kappa shape index (κ3) is 6.23. The second kappa shape index (κ2) is 11.8. The first kappa shape index (κ1) is 28.8. The molecule has 4 aromatic rings. The van der Waals surface area contributed by atoms with Crippen molar-refractivity contribution >= 4 is 38.3 Å². The quantitative estimate of drug-likeness (QED) is 0.288. The van der Waals surface area contributed by atoms with Crippen LogP contribution < -0.4 is 10.6 Å². The number of nitrogens with zero attached hydrogens (tertiary/aromatic N) is 5. The van der Waals surface area contributed by atoms with Crippen molar-refractivity contribution in [3.05, 3.63) is 52.3 Å². The fourth-order valence-electron chi connectivity index (χ4n) is 5.89. The minimum atomic E-state index is -4.26. The molecule has 6 rings (SSSR count). The molecule has 9 nitrogen and oxygen atoms in total. The van der Waals surface area contributed by atoms with Gasteiger partial charge in [-0.1, -0.05) is 6.07 Å². The van der Waals surface area contributed by atoms with Crippen molar-refractivity contribution in [3.63, 3.8) is 0 Å². The Balaban J connectivity index is 1.10. The van der Waals surface area contributed by atoms with Crippen molar-refractivity contribution < 1.29 is 23.0 Å². The lowest BCUT2D eigenvalue weighted by atomic mass is 10.0. The number of alkyl halides is 3. The van der Waals surface area contributed by atoms with Gasteiger partial charge in [0.05, 0.1) is 31.1 Å². The number of aliphatic hydroxyl groups excluding tert-OH is 1. The molecule has 0 spiro atoms. The van der Waals surface area contributed by atoms with Gasteiger partial charge in [0.25, 0.3) is 0 Å². The van der Waals surface area contributed by atoms with Crippen molar-refractivity contribution in [2.24, 2.45) is 0 Å². The third-order valence-electron chi connectivity index (χ3n) is 8.12. The molecule has 0 aliphatic carbocycles. The van der Waals surface area contributed by atoms with E-state index in [2.05, 4.69) is 50.6 Å². The summed E-state index contributed by atoms with van der Waals surface area (Å²) >= 11 is 1.06. The monoisotopic (exact) mass is 599 g/mol. The van der Waals surface area contributed by atoms with Crippen LogP contribution in [0.4, 0.5) is 19.0 Å². The van der Waals surface area contributed by atoms with Gasteiger partial charge in [0, 0.05) is 48.0 Å². The van der Waals surface area contributed by atoms with Crippen LogP contribution in [0.25, 0.3) is 21.1 Å². The number of thiophene rings is 1. The lowest BCUT2D eigenvalue weighted by molar-refractivity contribution is -0.126. The molecule has 2 saturated heterocycles. The summed E-state index contributed by atoms with van der Waals surface area (Å²) in [6.07, 6.45) is -2.85. The maximum Gasteiger partial charge on any atom is 0.393 e. The van der Waals surface area contributed by atoms with Crippen molar-refractivity contribution in [3.8, 4) is 6.07 Å². The van der Waals surface area contributed by atoms with E-state index in [0.717, 1.165) is 60.3 Å². The Morgan fingerprint density at radius 1 is 1.21 bits per heavy atom. The highest BCUT2D eigenvalue weighted by molar-refractivity contribution is 7.18. The topological polar surface area (TPSA) is 111 Å². The van der Waals surface area contributed by atoms with E-state index in [-0.39, 0.29) is 23.6 Å². The zero-order chi connectivity index (χ0) is 29.4. The SMILES string of the molecule is Cc1c(CN2CCC(Nc3ncnc4sc(CC(F)(F)F)cc34)CC2)ccc2c1cc(C#N)n2CC1CNC(O)CO1. The maximum atomic E-state index is 12.9. The van der Waals surface area contributed by atoms with Gasteiger partial charge in [-0.15, -0.1) is 11.3 Å². The Labute approximate surface area is 244 Å². The molecule has 2 unspecified atom stereocenters. The first-order valence-corrected chi connectivity index (χ1v) is 14.8. The molecule has 222 valence electrons. The number of hydrogen-bond donors (Lipinski definition) is 3. The van der Waals surface area contributed by atoms with Crippen molar-refractivity contribution in [2.45, 2.75) is 63.8 Å². The van der Waals surface area contributed by atoms with E-state index in [4.69, 9.17) is 4.74 Å². The Morgan fingerprint density at radius 3 is 2.74 bits per heavy atom. The van der Waals surface area contributed by atoms with Crippen LogP contribution >= 0.6 is 11.3 Å². The van der Waals surface area contributed by atoms with Crippen LogP contribution in [0.5, 0.6) is 0 Å². The third-order valence-corrected chi connectivity index (χ3v) is 9.16. The van der Waals surface area contributed by atoms with Crippen molar-refractivity contribution in [1.29, 1.82) is 5.26 Å². The number of likely N-dealkylation sites (tertiary alicyclic amines) is 1. The number of benzene rings is 1. The Bertz CT molecular complexity index is 1610. The highest BCUT2D eigenvalue weighted by atomic mass is 32.1. The van der Waals surface area contributed by atoms with Crippen molar-refractivity contribution in [2.75, 3.05) is 31.6 Å². The molecular weight excluding hydrogens is 567 g/mol. The summed E-state index contributed by atoms with van der Waals surface area (Å²) < 4.78 is 46.4. The number of morpholine rings is 1. The number of anilines is 1. The number of fused-ring (bicyclic) bond motifs is 2. The van der Waals surface area contributed by atoms with Crippen molar-refractivity contribution in [1.82, 2.24) is 24.8 Å². The number of piperidine rings is 1. The fraction of sp³-hybridized carbons (Fsp3) is 0.483. The molecule has 2 aliphatic heterocycles. The van der Waals surface area contributed by atoms with Crippen LogP contribution in [-0.4, -0.2) is 75.3 Å². The second-order valence-corrected chi connectivity index (χ2v) is 12.2. The summed E-state index contributed by atoms with van der Waals surface area (Å²) in [6.45, 7) is 5.89. The number of hydrogen-bond acceptors (Lipinski definition) is 9. The molecule has 5 heterocycles. The summed E-state index contributed by atoms with van der Waals surface area (Å²) in [5, 5.41) is 27.6. The predicted molar refractivity (Wildman–Crippen MR) is 154 cm³/mol. The van der Waals surface area contributed by atoms with Crippen LogP contribution in [0.3, 0.4) is 0 Å². The molecule has 0 amide bonds. The Morgan fingerprint density at radius 2 is 2.02 bits per heavy atom. The summed E-state index contributed by atoms with van der Waals surface area (Å²) in [6, 6.07) is 10.2. The molecule has 0 saturated carbocycles. The smallest absolute Gasteiger partial charge is 0.376 e. The van der Waals surface area contributed by atoms with Gasteiger partial charge in [-0.25, -0.2) is 9.97 Å². The maximum absolute atomic E-state index is 12.9. The molecule has 0 radical (unpaired) electrons. The molecule has 42 heavy (non-hydrogen) atoms. The number of nitriles is 1. The van der Waals surface area contributed by atoms with Gasteiger partial charge in [-0.2, -0.15) is 18.4 Å². The first-order chi connectivity index (χ1) is 20.2. The van der Waals surface area contributed by atoms with E-state index in [1.54, 1.807) is 6.07 Å². The summed E-state index contributed by atoms with van der Waals surface area (Å²) in [5.74, 6) is 0.591. The normalized spacial score (nSPS) is 20.8. The largest absolute Gasteiger partial charge is 0.393 e. The van der Waals surface area contributed by atoms with Gasteiger partial charge in [-0.3, -0.25) is 10.2 Å². The predicted octanol–water partition coefficient (Wildman–Crippen LogP) is 4.31. The number of aliphatic hydroxyl groups is 1. The standard InChI is InChI=1S/C29H32F3N7O2S/c1-17-18(2-3-25-23(17)8-20(11-33)39(25)14-21-12-34-26(40)15-41-21)13-38-6-4-19(5-7-38)37-27-24-9-22(10-29(30,31)32)42-28(24)36-16-35-27/h2-3,8-9,16,19,21,26,34,40H,4-7,10,12-15H2,1H3,(H,35,36,37). The number of nitrogens with one attached hydrogen (secondary N) is 2. The zero-order valence-corrected chi connectivity index (χ0v) is 23.9. The molecule has 13 heteroatoms. The van der Waals surface area contributed by atoms with Gasteiger partial charge in [0.15, 0.2) is 0 Å². The van der Waals surface area contributed by atoms with E-state index in [9.17, 15) is 23.5 Å². The van der Waals surface area contributed by atoms with Gasteiger partial charge >= 0.3 is 6.18 Å². The molecule has 1 aromatic carbocycles. The average Bonchev–Trinajstić information content (AvgIpc) is 3.53. The lowest BCUT2D eigenvalue weighted by Crippen LogP contribution is -2.47. The minimum Gasteiger partial charge on any atom is -0.376 e. The van der Waals surface area contributed by atoms with Gasteiger partial charge in [0.2, 0.25) is 0 Å². The average molecular weight is 600 g/mol. The lowest BCUT2D eigenvalue weighted by Gasteiger charge is -2.33. The van der Waals surface area contributed by atoms with E-state index in [1.807, 2.05) is 10.6 Å². The van der Waals surface area contributed by atoms with E-state index < -0.39 is 18.8 Å². The Kier molecular flexibility index (Phi) is 8.08. The number of aryl methyl sites for hydroxylation is 1.